The molecule has 2 aliphatic heterocycles. The fraction of sp³-hybridized carbons (Fsp3) is 0.314. The van der Waals surface area contributed by atoms with Gasteiger partial charge in [-0.05, 0) is 61.1 Å². The fourth-order valence-corrected chi connectivity index (χ4v) is 6.10. The zero-order valence-electron chi connectivity index (χ0n) is 26.5. The van der Waals surface area contributed by atoms with Gasteiger partial charge < -0.3 is 29.6 Å². The standard InChI is InChI=1S/C35H38N8O4/c1-40-20-28(36-22-40)19-32(44)42-17-3-5-30(42)33(45)38-26-13-9-24(10-14-26)7-8-25-11-15-27(16-12-25)39-34(46)31-6-4-18-43(31)35(47)29-21-41(2)23-37-29/h7-16,20-23,30-31H,3-6,17-19H2,1-2H3,(H,38,45)(H,39,46)/t30-,31-/m0/s1. The highest BCUT2D eigenvalue weighted by molar-refractivity contribution is 6.01. The van der Waals surface area contributed by atoms with E-state index < -0.39 is 12.1 Å². The largest absolute Gasteiger partial charge is 0.340 e. The van der Waals surface area contributed by atoms with Crippen molar-refractivity contribution in [3.8, 4) is 0 Å². The van der Waals surface area contributed by atoms with E-state index in [9.17, 15) is 19.2 Å². The van der Waals surface area contributed by atoms with E-state index in [0.717, 1.165) is 24.0 Å². The summed E-state index contributed by atoms with van der Waals surface area (Å²) in [7, 11) is 3.66. The van der Waals surface area contributed by atoms with E-state index in [1.807, 2.05) is 73.9 Å². The predicted molar refractivity (Wildman–Crippen MR) is 178 cm³/mol. The minimum Gasteiger partial charge on any atom is -0.340 e. The zero-order valence-corrected chi connectivity index (χ0v) is 26.5. The quantitative estimate of drug-likeness (QED) is 0.270. The number of aryl methyl sites for hydroxylation is 2. The molecule has 0 unspecified atom stereocenters. The first-order chi connectivity index (χ1) is 22.7. The minimum atomic E-state index is -0.534. The minimum absolute atomic E-state index is 0.0919. The molecule has 0 bridgehead atoms. The molecule has 2 aromatic carbocycles. The maximum absolute atomic E-state index is 13.1. The molecule has 242 valence electrons. The van der Waals surface area contributed by atoms with Gasteiger partial charge in [0.15, 0.2) is 0 Å². The Kier molecular flexibility index (Phi) is 9.28. The van der Waals surface area contributed by atoms with E-state index >= 15 is 0 Å². The normalized spacial score (nSPS) is 17.7. The Morgan fingerprint density at radius 1 is 0.723 bits per heavy atom. The van der Waals surface area contributed by atoms with E-state index in [1.54, 1.807) is 44.8 Å². The third kappa shape index (κ3) is 7.49. The lowest BCUT2D eigenvalue weighted by Crippen LogP contribution is -2.43. The van der Waals surface area contributed by atoms with Crippen LogP contribution < -0.4 is 10.6 Å². The van der Waals surface area contributed by atoms with Crippen LogP contribution in [0.4, 0.5) is 11.4 Å². The first-order valence-electron chi connectivity index (χ1n) is 15.8. The van der Waals surface area contributed by atoms with Gasteiger partial charge in [0.1, 0.15) is 17.8 Å². The lowest BCUT2D eigenvalue weighted by atomic mass is 10.1. The highest BCUT2D eigenvalue weighted by atomic mass is 16.2. The molecular formula is C35H38N8O4. The molecule has 12 heteroatoms. The number of anilines is 2. The van der Waals surface area contributed by atoms with Gasteiger partial charge in [-0.2, -0.15) is 0 Å². The van der Waals surface area contributed by atoms with Gasteiger partial charge in [-0.1, -0.05) is 36.4 Å². The van der Waals surface area contributed by atoms with Crippen molar-refractivity contribution in [2.24, 2.45) is 14.1 Å². The van der Waals surface area contributed by atoms with Crippen LogP contribution in [0.1, 0.15) is 53.0 Å². The van der Waals surface area contributed by atoms with Gasteiger partial charge in [-0.25, -0.2) is 9.97 Å². The van der Waals surface area contributed by atoms with Gasteiger partial charge in [-0.15, -0.1) is 0 Å². The molecular weight excluding hydrogens is 596 g/mol. The number of nitrogens with zero attached hydrogens (tertiary/aromatic N) is 6. The van der Waals surface area contributed by atoms with Crippen LogP contribution in [0.2, 0.25) is 0 Å². The third-order valence-electron chi connectivity index (χ3n) is 8.53. The Balaban J connectivity index is 0.996. The number of imidazole rings is 2. The van der Waals surface area contributed by atoms with Crippen molar-refractivity contribution < 1.29 is 19.2 Å². The number of carbonyl (C=O) groups excluding carboxylic acids is 4. The van der Waals surface area contributed by atoms with Gasteiger partial charge in [0, 0.05) is 51.0 Å². The van der Waals surface area contributed by atoms with E-state index in [4.69, 9.17) is 0 Å². The third-order valence-corrected chi connectivity index (χ3v) is 8.53. The summed E-state index contributed by atoms with van der Waals surface area (Å²) in [5.41, 5.74) is 4.25. The number of aromatic nitrogens is 4. The number of likely N-dealkylation sites (tertiary alicyclic amines) is 2. The second kappa shape index (κ2) is 13.9. The summed E-state index contributed by atoms with van der Waals surface area (Å²) in [6.07, 6.45) is 13.6. The zero-order chi connectivity index (χ0) is 32.9. The molecule has 6 rings (SSSR count). The first-order valence-corrected chi connectivity index (χ1v) is 15.8. The van der Waals surface area contributed by atoms with E-state index in [1.165, 1.54) is 0 Å². The Morgan fingerprint density at radius 3 is 1.74 bits per heavy atom. The predicted octanol–water partition coefficient (Wildman–Crippen LogP) is 3.74. The number of hydrogen-bond donors (Lipinski definition) is 2. The summed E-state index contributed by atoms with van der Waals surface area (Å²) >= 11 is 0. The topological polar surface area (TPSA) is 134 Å². The van der Waals surface area contributed by atoms with Gasteiger partial charge in [0.25, 0.3) is 5.91 Å². The molecule has 0 spiro atoms. The first kappa shape index (κ1) is 31.5. The molecule has 0 saturated carbocycles. The van der Waals surface area contributed by atoms with Crippen LogP contribution in [-0.2, 0) is 34.9 Å². The molecule has 4 aromatic rings. The average molecular weight is 635 g/mol. The number of benzene rings is 2. The highest BCUT2D eigenvalue weighted by Crippen LogP contribution is 2.23. The number of nitrogens with one attached hydrogen (secondary N) is 2. The van der Waals surface area contributed by atoms with Crippen molar-refractivity contribution in [3.05, 3.63) is 96.1 Å². The van der Waals surface area contributed by atoms with Crippen molar-refractivity contribution in [2.75, 3.05) is 23.7 Å². The Morgan fingerprint density at radius 2 is 1.23 bits per heavy atom. The van der Waals surface area contributed by atoms with Crippen LogP contribution in [0.25, 0.3) is 12.2 Å². The molecule has 2 aromatic heterocycles. The molecule has 2 saturated heterocycles. The smallest absolute Gasteiger partial charge is 0.274 e. The molecule has 12 nitrogen and oxygen atoms in total. The number of amides is 4. The average Bonchev–Trinajstić information content (AvgIpc) is 3.89. The number of rotatable bonds is 9. The molecule has 2 N–H and O–H groups in total. The van der Waals surface area contributed by atoms with Gasteiger partial charge in [-0.3, -0.25) is 19.2 Å². The maximum atomic E-state index is 13.1. The van der Waals surface area contributed by atoms with E-state index in [-0.39, 0.29) is 30.0 Å². The second-order valence-electron chi connectivity index (χ2n) is 12.1. The van der Waals surface area contributed by atoms with Gasteiger partial charge in [0.05, 0.1) is 24.8 Å². The second-order valence-corrected chi connectivity index (χ2v) is 12.1. The lowest BCUT2D eigenvalue weighted by molar-refractivity contribution is -0.136. The summed E-state index contributed by atoms with van der Waals surface area (Å²) in [5, 5.41) is 5.91. The van der Waals surface area contributed by atoms with Crippen LogP contribution in [0.5, 0.6) is 0 Å². The molecule has 2 atom stereocenters. The fourth-order valence-electron chi connectivity index (χ4n) is 6.10. The van der Waals surface area contributed by atoms with Crippen molar-refractivity contribution in [2.45, 2.75) is 44.2 Å². The Labute approximate surface area is 273 Å². The van der Waals surface area contributed by atoms with Crippen molar-refractivity contribution >= 4 is 47.2 Å². The molecule has 47 heavy (non-hydrogen) atoms. The SMILES string of the molecule is Cn1cnc(CC(=O)N2CCC[C@H]2C(=O)Nc2ccc(C=Cc3ccc(NC(=O)[C@@H]4CCCN4C(=O)c4cn(C)cn4)cc3)cc2)c1. The molecule has 2 fully saturated rings. The van der Waals surface area contributed by atoms with E-state index in [2.05, 4.69) is 20.6 Å². The van der Waals surface area contributed by atoms with Crippen LogP contribution in [0.3, 0.4) is 0 Å². The van der Waals surface area contributed by atoms with Crippen LogP contribution in [0, 0.1) is 0 Å². The number of carbonyl (C=O) groups is 4. The van der Waals surface area contributed by atoms with E-state index in [0.29, 0.717) is 48.7 Å². The summed E-state index contributed by atoms with van der Waals surface area (Å²) < 4.78 is 3.51. The molecule has 0 radical (unpaired) electrons. The summed E-state index contributed by atoms with van der Waals surface area (Å²) in [4.78, 5) is 63.5. The molecule has 2 aliphatic rings. The Bertz CT molecular complexity index is 1790. The summed E-state index contributed by atoms with van der Waals surface area (Å²) in [6.45, 7) is 1.09. The Hall–Kier alpha value is -5.52. The highest BCUT2D eigenvalue weighted by Gasteiger charge is 2.36. The molecule has 4 amide bonds. The molecule has 0 aliphatic carbocycles. The molecule has 4 heterocycles. The summed E-state index contributed by atoms with van der Waals surface area (Å²) in [6, 6.07) is 14.0. The van der Waals surface area contributed by atoms with Crippen molar-refractivity contribution in [3.63, 3.8) is 0 Å². The number of hydrogen-bond acceptors (Lipinski definition) is 6. The van der Waals surface area contributed by atoms with Crippen LogP contribution in [-0.4, -0.2) is 77.7 Å². The van der Waals surface area contributed by atoms with Crippen molar-refractivity contribution in [1.29, 1.82) is 0 Å². The lowest BCUT2D eigenvalue weighted by Gasteiger charge is -2.23. The van der Waals surface area contributed by atoms with Crippen LogP contribution in [0.15, 0.2) is 73.6 Å². The summed E-state index contributed by atoms with van der Waals surface area (Å²) in [5.74, 6) is -0.721. The van der Waals surface area contributed by atoms with Crippen LogP contribution >= 0.6 is 0 Å². The van der Waals surface area contributed by atoms with Crippen molar-refractivity contribution in [1.82, 2.24) is 28.9 Å². The maximum Gasteiger partial charge on any atom is 0.274 e. The monoisotopic (exact) mass is 634 g/mol. The van der Waals surface area contributed by atoms with Gasteiger partial charge in [0.2, 0.25) is 17.7 Å². The van der Waals surface area contributed by atoms with Gasteiger partial charge >= 0.3 is 0 Å².